The highest BCUT2D eigenvalue weighted by Crippen LogP contribution is 2.57. The maximum Gasteiger partial charge on any atom is 0.225 e. The van der Waals surface area contributed by atoms with E-state index < -0.39 is 17.2 Å². The van der Waals surface area contributed by atoms with Crippen LogP contribution < -0.4 is 22.1 Å². The van der Waals surface area contributed by atoms with Crippen molar-refractivity contribution in [3.63, 3.8) is 0 Å². The Bertz CT molecular complexity index is 3100. The van der Waals surface area contributed by atoms with Gasteiger partial charge in [-0.15, -0.1) is 20.4 Å². The Morgan fingerprint density at radius 3 is 1.49 bits per heavy atom. The number of hydrogen-bond donors (Lipinski definition) is 4. The van der Waals surface area contributed by atoms with Gasteiger partial charge in [-0.05, 0) is 110 Å². The molecule has 4 fully saturated rings. The first-order valence-corrected chi connectivity index (χ1v) is 26.9. The Labute approximate surface area is 444 Å². The smallest absolute Gasteiger partial charge is 0.225 e. The van der Waals surface area contributed by atoms with Crippen molar-refractivity contribution in [2.75, 3.05) is 24.7 Å². The van der Waals surface area contributed by atoms with Crippen molar-refractivity contribution in [1.82, 2.24) is 30.2 Å². The highest BCUT2D eigenvalue weighted by atomic mass is 19.1. The third kappa shape index (κ3) is 11.3. The number of carbonyl (C=O) groups excluding carboxylic acids is 4. The van der Waals surface area contributed by atoms with E-state index in [4.69, 9.17) is 21.7 Å². The van der Waals surface area contributed by atoms with Gasteiger partial charge < -0.3 is 31.9 Å². The predicted octanol–water partition coefficient (Wildman–Crippen LogP) is 10.3. The van der Waals surface area contributed by atoms with Gasteiger partial charge in [0.2, 0.25) is 23.6 Å². The molecule has 0 spiro atoms. The summed E-state index contributed by atoms with van der Waals surface area (Å²) in [5, 5.41) is 24.5. The summed E-state index contributed by atoms with van der Waals surface area (Å²) in [6, 6.07) is 38.5. The van der Waals surface area contributed by atoms with Crippen molar-refractivity contribution >= 4 is 35.3 Å². The van der Waals surface area contributed by atoms with Crippen LogP contribution in [0.4, 0.5) is 16.0 Å². The van der Waals surface area contributed by atoms with Gasteiger partial charge in [0, 0.05) is 105 Å². The molecule has 4 saturated carbocycles. The molecule has 0 aliphatic heterocycles. The molecule has 6 N–H and O–H groups in total. The highest BCUT2D eigenvalue weighted by Gasteiger charge is 2.53. The lowest BCUT2D eigenvalue weighted by Gasteiger charge is -2.41. The number of rotatable bonds is 15. The van der Waals surface area contributed by atoms with Crippen LogP contribution in [0.1, 0.15) is 120 Å². The molecule has 2 heterocycles. The molecule has 10 rings (SSSR count). The average molecular weight is 1030 g/mol. The Hall–Kier alpha value is -7.23. The molecular formula is C61H69FN10O4. The van der Waals surface area contributed by atoms with Crippen LogP contribution >= 0.6 is 0 Å². The normalized spacial score (nSPS) is 24.9. The second-order valence-electron chi connectivity index (χ2n) is 22.2. The number of halogens is 1. The Balaban J connectivity index is 0.857. The first-order chi connectivity index (χ1) is 36.5. The molecule has 0 radical (unpaired) electrons. The van der Waals surface area contributed by atoms with Crippen molar-refractivity contribution in [3.8, 4) is 44.8 Å². The fourth-order valence-electron chi connectivity index (χ4n) is 12.1. The summed E-state index contributed by atoms with van der Waals surface area (Å²) in [5.41, 5.74) is 21.9. The lowest BCUT2D eigenvalue weighted by Crippen LogP contribution is -2.50. The number of nitrogens with two attached hydrogens (primary N) is 2. The van der Waals surface area contributed by atoms with Crippen LogP contribution in [0.25, 0.3) is 44.8 Å². The topological polar surface area (TPSA) is 202 Å². The van der Waals surface area contributed by atoms with E-state index in [1.165, 1.54) is 0 Å². The van der Waals surface area contributed by atoms with Crippen LogP contribution in [0.2, 0.25) is 0 Å². The van der Waals surface area contributed by atoms with Crippen LogP contribution in [0.5, 0.6) is 0 Å². The fraction of sp³-hybridized carbons (Fsp3) is 0.410. The maximum atomic E-state index is 14.0. The van der Waals surface area contributed by atoms with Gasteiger partial charge in [0.25, 0.3) is 0 Å². The Morgan fingerprint density at radius 2 is 1.01 bits per heavy atom. The van der Waals surface area contributed by atoms with Gasteiger partial charge in [0.15, 0.2) is 11.6 Å². The van der Waals surface area contributed by atoms with Crippen LogP contribution in [-0.4, -0.2) is 86.2 Å². The molecule has 4 aliphatic carbocycles. The second-order valence-corrected chi connectivity index (χ2v) is 22.2. The lowest BCUT2D eigenvalue weighted by atomic mass is 9.71. The van der Waals surface area contributed by atoms with E-state index in [0.717, 1.165) is 108 Å². The van der Waals surface area contributed by atoms with Crippen molar-refractivity contribution in [3.05, 3.63) is 132 Å². The molecule has 2 unspecified atom stereocenters. The van der Waals surface area contributed by atoms with E-state index in [1.54, 1.807) is 13.8 Å². The molecule has 15 heteroatoms. The highest BCUT2D eigenvalue weighted by molar-refractivity contribution is 5.93. The van der Waals surface area contributed by atoms with Crippen LogP contribution in [0.3, 0.4) is 0 Å². The number of carbonyl (C=O) groups is 4. The van der Waals surface area contributed by atoms with E-state index in [-0.39, 0.29) is 66.3 Å². The second kappa shape index (κ2) is 21.8. The van der Waals surface area contributed by atoms with E-state index in [0.29, 0.717) is 35.9 Å². The molecule has 14 nitrogen and oxygen atoms in total. The molecule has 394 valence electrons. The van der Waals surface area contributed by atoms with Crippen LogP contribution in [-0.2, 0) is 30.3 Å². The van der Waals surface area contributed by atoms with E-state index in [1.807, 2.05) is 115 Å². The third-order valence-electron chi connectivity index (χ3n) is 17.1. The van der Waals surface area contributed by atoms with Crippen LogP contribution in [0.15, 0.2) is 115 Å². The summed E-state index contributed by atoms with van der Waals surface area (Å²) >= 11 is 0. The van der Waals surface area contributed by atoms with Crippen molar-refractivity contribution in [1.29, 1.82) is 0 Å². The van der Waals surface area contributed by atoms with Gasteiger partial charge in [-0.1, -0.05) is 103 Å². The van der Waals surface area contributed by atoms with Gasteiger partial charge >= 0.3 is 0 Å². The summed E-state index contributed by atoms with van der Waals surface area (Å²) in [7, 11) is 3.70. The summed E-state index contributed by atoms with van der Waals surface area (Å²) in [6.45, 7) is 3.19. The molecule has 2 aromatic heterocycles. The number of amides is 4. The number of anilines is 2. The molecule has 0 saturated heterocycles. The SMILES string of the molecule is CC(=O)N(C)C1CCC(CC(=O)Nc2cc(-c3cccc(C4CC4(N)c4ccc(-c5nnc(NC(=O)C[C@H]6CC[C@H](N(C)C(C)=O)CC6)cc5-c5ccccc5)cc4)c3)c(-c3ccc([C@]4(N)C[C@H](F)C4)cc3)nn2)CC1. The van der Waals surface area contributed by atoms with Crippen LogP contribution in [0, 0.1) is 11.8 Å². The van der Waals surface area contributed by atoms with Crippen molar-refractivity contribution < 1.29 is 23.6 Å². The van der Waals surface area contributed by atoms with Crippen molar-refractivity contribution in [2.45, 2.75) is 133 Å². The van der Waals surface area contributed by atoms with Gasteiger partial charge in [-0.2, -0.15) is 0 Å². The number of hydrogen-bond acceptors (Lipinski definition) is 10. The van der Waals surface area contributed by atoms with Crippen molar-refractivity contribution in [2.24, 2.45) is 23.3 Å². The Kier molecular flexibility index (Phi) is 15.0. The van der Waals surface area contributed by atoms with E-state index in [2.05, 4.69) is 45.1 Å². The number of aromatic nitrogens is 4. The minimum absolute atomic E-state index is 0.0161. The molecule has 4 aromatic carbocycles. The zero-order chi connectivity index (χ0) is 53.3. The first-order valence-electron chi connectivity index (χ1n) is 26.9. The van der Waals surface area contributed by atoms with Gasteiger partial charge in [-0.25, -0.2) is 4.39 Å². The zero-order valence-electron chi connectivity index (χ0n) is 44.0. The predicted molar refractivity (Wildman–Crippen MR) is 294 cm³/mol. The number of nitrogens with zero attached hydrogens (tertiary/aromatic N) is 6. The molecule has 2 atom stereocenters. The number of benzene rings is 4. The maximum absolute atomic E-state index is 14.0. The zero-order valence-corrected chi connectivity index (χ0v) is 44.0. The van der Waals surface area contributed by atoms with E-state index in [9.17, 15) is 23.6 Å². The van der Waals surface area contributed by atoms with Gasteiger partial charge in [-0.3, -0.25) is 19.2 Å². The first kappa shape index (κ1) is 52.2. The standard InChI is InChI=1S/C61H69FN10O4/c1-37(73)71(3)49-25-13-39(14-26-49)29-56(75)65-54-32-51(41-9-6-5-7-10-41)58(69-67-54)43-19-23-47(24-20-43)61(64)36-53(61)45-12-8-11-44(31-45)52-33-55(66-57(76)30-40-15-27-50(28-16-40)72(4)38(2)74)68-70-59(52)42-17-21-46(22-18-42)60(63)34-48(62)35-60/h5-12,17-24,31-33,39-40,48-50,53H,13-16,25-30,34-36,63-64H2,1-4H3,(H,65,67,75)(H,66,68,76)/t39-,40?,48-,49-,50?,53?,60-,61?. The van der Waals surface area contributed by atoms with Gasteiger partial charge in [0.1, 0.15) is 17.6 Å². The molecule has 4 amide bonds. The molecule has 76 heavy (non-hydrogen) atoms. The fourth-order valence-corrected chi connectivity index (χ4v) is 12.1. The summed E-state index contributed by atoms with van der Waals surface area (Å²) in [4.78, 5) is 54.4. The monoisotopic (exact) mass is 1020 g/mol. The number of nitrogens with one attached hydrogen (secondary N) is 2. The quantitative estimate of drug-likeness (QED) is 0.0767. The summed E-state index contributed by atoms with van der Waals surface area (Å²) in [6.07, 6.45) is 8.17. The third-order valence-corrected chi connectivity index (χ3v) is 17.1. The largest absolute Gasteiger partial charge is 0.343 e. The lowest BCUT2D eigenvalue weighted by molar-refractivity contribution is -0.131. The summed E-state index contributed by atoms with van der Waals surface area (Å²) < 4.78 is 14.0. The summed E-state index contributed by atoms with van der Waals surface area (Å²) in [5.74, 6) is 1.11. The van der Waals surface area contributed by atoms with E-state index >= 15 is 0 Å². The average Bonchev–Trinajstić information content (AvgIpc) is 4.21. The minimum atomic E-state index is -0.899. The molecule has 4 aliphatic rings. The molecule has 0 bridgehead atoms. The minimum Gasteiger partial charge on any atom is -0.343 e. The molecule has 6 aromatic rings. The Morgan fingerprint density at radius 1 is 0.553 bits per heavy atom. The van der Waals surface area contributed by atoms with Gasteiger partial charge in [0.05, 0.1) is 0 Å². The molecular weight excluding hydrogens is 956 g/mol. The number of alkyl halides is 1.